The number of nitrogens with one attached hydrogen (secondary N) is 2. The first kappa shape index (κ1) is 19.8. The van der Waals surface area contributed by atoms with Crippen molar-refractivity contribution in [2.24, 2.45) is 5.92 Å². The van der Waals surface area contributed by atoms with Gasteiger partial charge in [0.2, 0.25) is 0 Å². The Kier molecular flexibility index (Phi) is 7.06. The van der Waals surface area contributed by atoms with Gasteiger partial charge in [-0.05, 0) is 25.0 Å². The quantitative estimate of drug-likeness (QED) is 0.797. The van der Waals surface area contributed by atoms with Crippen molar-refractivity contribution in [1.82, 2.24) is 10.6 Å². The Balaban J connectivity index is 2.70. The highest BCUT2D eigenvalue weighted by atomic mass is 19.4. The highest BCUT2D eigenvalue weighted by Gasteiger charge is 2.27. The summed E-state index contributed by atoms with van der Waals surface area (Å²) in [5.41, 5.74) is 1.05. The molecule has 0 fully saturated rings. The summed E-state index contributed by atoms with van der Waals surface area (Å²) in [4.78, 5) is 23.6. The second-order valence-corrected chi connectivity index (χ2v) is 5.78. The molecule has 2 N–H and O–H groups in total. The van der Waals surface area contributed by atoms with E-state index in [1.165, 1.54) is 6.07 Å². The van der Waals surface area contributed by atoms with Crippen molar-refractivity contribution in [2.75, 3.05) is 19.7 Å². The number of carbonyl (C=O) groups excluding carboxylic acids is 2. The first-order chi connectivity index (χ1) is 11.1. The topological polar surface area (TPSA) is 67.4 Å². The van der Waals surface area contributed by atoms with Gasteiger partial charge in [0, 0.05) is 6.54 Å². The monoisotopic (exact) mass is 346 g/mol. The molecule has 0 spiro atoms. The van der Waals surface area contributed by atoms with Crippen LogP contribution in [-0.4, -0.2) is 37.7 Å². The Morgan fingerprint density at radius 3 is 2.46 bits per heavy atom. The zero-order valence-corrected chi connectivity index (χ0v) is 13.8. The Morgan fingerprint density at radius 1 is 1.21 bits per heavy atom. The van der Waals surface area contributed by atoms with Crippen molar-refractivity contribution in [3.8, 4) is 5.75 Å². The van der Waals surface area contributed by atoms with Crippen LogP contribution in [0.15, 0.2) is 18.2 Å². The molecular formula is C16H21F3N2O3. The third kappa shape index (κ3) is 7.34. The van der Waals surface area contributed by atoms with E-state index in [0.29, 0.717) is 6.54 Å². The Bertz CT molecular complexity index is 586. The third-order valence-electron chi connectivity index (χ3n) is 2.90. The molecule has 8 heteroatoms. The van der Waals surface area contributed by atoms with Crippen LogP contribution in [0.5, 0.6) is 5.75 Å². The summed E-state index contributed by atoms with van der Waals surface area (Å²) in [6.45, 7) is 4.11. The van der Waals surface area contributed by atoms with Gasteiger partial charge in [-0.1, -0.05) is 25.5 Å². The van der Waals surface area contributed by atoms with Crippen LogP contribution >= 0.6 is 0 Å². The number of aryl methyl sites for hydroxylation is 1. The number of amides is 2. The summed E-state index contributed by atoms with van der Waals surface area (Å²) >= 11 is 0. The van der Waals surface area contributed by atoms with E-state index in [1.54, 1.807) is 24.4 Å². The number of ether oxygens (including phenoxy) is 1. The molecule has 1 aromatic rings. The largest absolute Gasteiger partial charge is 0.483 e. The Morgan fingerprint density at radius 2 is 1.88 bits per heavy atom. The van der Waals surface area contributed by atoms with Crippen molar-refractivity contribution in [3.05, 3.63) is 29.3 Å². The van der Waals surface area contributed by atoms with Crippen molar-refractivity contribution >= 4 is 11.8 Å². The molecule has 1 aromatic carbocycles. The third-order valence-corrected chi connectivity index (χ3v) is 2.90. The molecule has 1 rings (SSSR count). The minimum atomic E-state index is -4.48. The molecule has 2 amide bonds. The molecule has 5 nitrogen and oxygen atoms in total. The van der Waals surface area contributed by atoms with Gasteiger partial charge in [-0.3, -0.25) is 9.59 Å². The lowest BCUT2D eigenvalue weighted by atomic mass is 10.1. The van der Waals surface area contributed by atoms with Gasteiger partial charge in [-0.25, -0.2) is 0 Å². The van der Waals surface area contributed by atoms with Gasteiger partial charge < -0.3 is 15.4 Å². The molecule has 0 bridgehead atoms. The minimum Gasteiger partial charge on any atom is -0.483 e. The molecule has 0 radical (unpaired) electrons. The molecule has 0 heterocycles. The summed E-state index contributed by atoms with van der Waals surface area (Å²) in [7, 11) is 0. The first-order valence-electron chi connectivity index (χ1n) is 7.43. The Labute approximate surface area is 138 Å². The molecule has 0 aliphatic rings. The SMILES string of the molecule is Cc1ccc(OCC(=O)NCC(F)(F)F)c(C(=O)NCC(C)C)c1. The van der Waals surface area contributed by atoms with Crippen LogP contribution in [0.1, 0.15) is 29.8 Å². The fraction of sp³-hybridized carbons (Fsp3) is 0.500. The van der Waals surface area contributed by atoms with E-state index in [4.69, 9.17) is 4.74 Å². The van der Waals surface area contributed by atoms with Crippen LogP contribution in [0.2, 0.25) is 0 Å². The average Bonchev–Trinajstić information content (AvgIpc) is 2.48. The second-order valence-electron chi connectivity index (χ2n) is 5.78. The highest BCUT2D eigenvalue weighted by Crippen LogP contribution is 2.20. The standard InChI is InChI=1S/C16H21F3N2O3/c1-10(2)7-20-15(23)12-6-11(3)4-5-13(12)24-8-14(22)21-9-16(17,18)19/h4-6,10H,7-9H2,1-3H3,(H,20,23)(H,21,22). The number of hydrogen-bond donors (Lipinski definition) is 2. The van der Waals surface area contributed by atoms with E-state index in [0.717, 1.165) is 5.56 Å². The van der Waals surface area contributed by atoms with Gasteiger partial charge in [-0.15, -0.1) is 0 Å². The lowest BCUT2D eigenvalue weighted by Crippen LogP contribution is -2.36. The number of hydrogen-bond acceptors (Lipinski definition) is 3. The zero-order chi connectivity index (χ0) is 18.3. The lowest BCUT2D eigenvalue weighted by molar-refractivity contribution is -0.139. The molecule has 0 atom stereocenters. The van der Waals surface area contributed by atoms with Crippen LogP contribution in [-0.2, 0) is 4.79 Å². The molecule has 24 heavy (non-hydrogen) atoms. The smallest absolute Gasteiger partial charge is 0.405 e. The lowest BCUT2D eigenvalue weighted by Gasteiger charge is -2.14. The minimum absolute atomic E-state index is 0.143. The second kappa shape index (κ2) is 8.56. The number of halogens is 3. The summed E-state index contributed by atoms with van der Waals surface area (Å²) < 4.78 is 41.3. The molecule has 0 saturated carbocycles. The fourth-order valence-corrected chi connectivity index (χ4v) is 1.73. The predicted octanol–water partition coefficient (Wildman–Crippen LogP) is 2.44. The summed E-state index contributed by atoms with van der Waals surface area (Å²) in [5, 5.41) is 4.43. The molecular weight excluding hydrogens is 325 g/mol. The fourth-order valence-electron chi connectivity index (χ4n) is 1.73. The molecule has 0 aliphatic carbocycles. The molecule has 134 valence electrons. The van der Waals surface area contributed by atoms with E-state index in [1.807, 2.05) is 13.8 Å². The summed E-state index contributed by atoms with van der Waals surface area (Å²) in [5.74, 6) is -0.875. The van der Waals surface area contributed by atoms with Crippen molar-refractivity contribution in [3.63, 3.8) is 0 Å². The number of benzene rings is 1. The van der Waals surface area contributed by atoms with E-state index < -0.39 is 25.2 Å². The van der Waals surface area contributed by atoms with Crippen molar-refractivity contribution in [1.29, 1.82) is 0 Å². The van der Waals surface area contributed by atoms with E-state index in [2.05, 4.69) is 5.32 Å². The molecule has 0 aromatic heterocycles. The van der Waals surface area contributed by atoms with E-state index in [-0.39, 0.29) is 23.1 Å². The zero-order valence-electron chi connectivity index (χ0n) is 13.8. The van der Waals surface area contributed by atoms with Crippen LogP contribution < -0.4 is 15.4 Å². The van der Waals surface area contributed by atoms with Gasteiger partial charge >= 0.3 is 6.18 Å². The van der Waals surface area contributed by atoms with Gasteiger partial charge in [-0.2, -0.15) is 13.2 Å². The first-order valence-corrected chi connectivity index (χ1v) is 7.43. The number of carbonyl (C=O) groups is 2. The van der Waals surface area contributed by atoms with Gasteiger partial charge in [0.1, 0.15) is 12.3 Å². The number of alkyl halides is 3. The average molecular weight is 346 g/mol. The van der Waals surface area contributed by atoms with Gasteiger partial charge in [0.05, 0.1) is 5.56 Å². The van der Waals surface area contributed by atoms with Crippen LogP contribution in [0.25, 0.3) is 0 Å². The molecule has 0 saturated heterocycles. The Hall–Kier alpha value is -2.25. The van der Waals surface area contributed by atoms with Crippen LogP contribution in [0.4, 0.5) is 13.2 Å². The maximum absolute atomic E-state index is 12.2. The molecule has 0 unspecified atom stereocenters. The normalized spacial score (nSPS) is 11.3. The van der Waals surface area contributed by atoms with Crippen molar-refractivity contribution < 1.29 is 27.5 Å². The molecule has 0 aliphatic heterocycles. The van der Waals surface area contributed by atoms with Crippen LogP contribution in [0, 0.1) is 12.8 Å². The van der Waals surface area contributed by atoms with Gasteiger partial charge in [0.15, 0.2) is 6.61 Å². The summed E-state index contributed by atoms with van der Waals surface area (Å²) in [6, 6.07) is 4.79. The van der Waals surface area contributed by atoms with Crippen molar-refractivity contribution in [2.45, 2.75) is 26.9 Å². The highest BCUT2D eigenvalue weighted by molar-refractivity contribution is 5.97. The number of rotatable bonds is 7. The maximum Gasteiger partial charge on any atom is 0.405 e. The summed E-state index contributed by atoms with van der Waals surface area (Å²) in [6.07, 6.45) is -4.48. The van der Waals surface area contributed by atoms with Gasteiger partial charge in [0.25, 0.3) is 11.8 Å². The maximum atomic E-state index is 12.2. The predicted molar refractivity (Wildman–Crippen MR) is 82.9 cm³/mol. The van der Waals surface area contributed by atoms with E-state index in [9.17, 15) is 22.8 Å². The van der Waals surface area contributed by atoms with Crippen LogP contribution in [0.3, 0.4) is 0 Å². The van der Waals surface area contributed by atoms with E-state index >= 15 is 0 Å².